The number of aliphatic carboxylic acids is 1. The molecule has 104 valence electrons. The van der Waals surface area contributed by atoms with Crippen LogP contribution in [0.2, 0.25) is 0 Å². The molecule has 0 bridgehead atoms. The van der Waals surface area contributed by atoms with Crippen molar-refractivity contribution in [3.63, 3.8) is 0 Å². The molecular weight excluding hydrogens is 258 g/mol. The lowest BCUT2D eigenvalue weighted by Crippen LogP contribution is -2.23. The van der Waals surface area contributed by atoms with E-state index >= 15 is 0 Å². The number of phenolic OH excluding ortho intramolecular Hbond substituents is 1. The average Bonchev–Trinajstić information content (AvgIpc) is 2.84. The van der Waals surface area contributed by atoms with E-state index in [1.807, 2.05) is 16.7 Å². The van der Waals surface area contributed by atoms with Crippen molar-refractivity contribution in [1.29, 1.82) is 0 Å². The van der Waals surface area contributed by atoms with Gasteiger partial charge in [-0.1, -0.05) is 12.1 Å². The number of rotatable bonds is 3. The van der Waals surface area contributed by atoms with E-state index < -0.39 is 11.9 Å². The Balaban J connectivity index is 1.89. The molecule has 0 spiro atoms. The predicted octanol–water partition coefficient (Wildman–Crippen LogP) is 1.54. The molecule has 1 aliphatic heterocycles. The van der Waals surface area contributed by atoms with E-state index in [2.05, 4.69) is 10.2 Å². The van der Waals surface area contributed by atoms with Crippen molar-refractivity contribution < 1.29 is 15.0 Å². The van der Waals surface area contributed by atoms with E-state index in [-0.39, 0.29) is 5.75 Å². The molecule has 0 fully saturated rings. The Labute approximate surface area is 115 Å². The van der Waals surface area contributed by atoms with E-state index in [0.29, 0.717) is 18.7 Å². The van der Waals surface area contributed by atoms with Crippen molar-refractivity contribution in [3.8, 4) is 5.75 Å². The zero-order chi connectivity index (χ0) is 14.1. The number of carboxylic acids is 1. The molecule has 1 aromatic carbocycles. The third-order valence-electron chi connectivity index (χ3n) is 3.64. The Morgan fingerprint density at radius 1 is 1.30 bits per heavy atom. The van der Waals surface area contributed by atoms with Gasteiger partial charge in [-0.2, -0.15) is 0 Å². The van der Waals surface area contributed by atoms with Crippen LogP contribution in [0.4, 0.5) is 0 Å². The van der Waals surface area contributed by atoms with Gasteiger partial charge in [0, 0.05) is 13.0 Å². The van der Waals surface area contributed by atoms with Gasteiger partial charge in [-0.15, -0.1) is 10.2 Å². The van der Waals surface area contributed by atoms with E-state index in [0.717, 1.165) is 24.4 Å². The number of hydrogen-bond acceptors (Lipinski definition) is 4. The van der Waals surface area contributed by atoms with Crippen molar-refractivity contribution in [1.82, 2.24) is 14.8 Å². The third-order valence-corrected chi connectivity index (χ3v) is 3.64. The zero-order valence-electron chi connectivity index (χ0n) is 10.9. The van der Waals surface area contributed by atoms with Crippen LogP contribution in [0.15, 0.2) is 24.3 Å². The Morgan fingerprint density at radius 3 is 2.75 bits per heavy atom. The molecule has 0 radical (unpaired) electrons. The first kappa shape index (κ1) is 12.7. The van der Waals surface area contributed by atoms with Crippen LogP contribution in [0, 0.1) is 0 Å². The Kier molecular flexibility index (Phi) is 3.14. The molecule has 2 heterocycles. The highest BCUT2D eigenvalue weighted by Gasteiger charge is 2.30. The minimum absolute atomic E-state index is 0.225. The SMILES string of the molecule is O=C(O)C1CCCn2c(Cc3ccc(O)cc3)nnc21. The lowest BCUT2D eigenvalue weighted by Gasteiger charge is -2.20. The van der Waals surface area contributed by atoms with Gasteiger partial charge >= 0.3 is 5.97 Å². The first-order valence-electron chi connectivity index (χ1n) is 6.58. The Hall–Kier alpha value is -2.37. The molecule has 6 heteroatoms. The molecule has 20 heavy (non-hydrogen) atoms. The first-order chi connectivity index (χ1) is 9.65. The summed E-state index contributed by atoms with van der Waals surface area (Å²) in [5.74, 6) is 0.163. The van der Waals surface area contributed by atoms with Crippen molar-refractivity contribution in [3.05, 3.63) is 41.5 Å². The standard InChI is InChI=1S/C14H15N3O3/c18-10-5-3-9(4-6-10)8-12-15-16-13-11(14(19)20)2-1-7-17(12)13/h3-6,11,18H,1-2,7-8H2,(H,19,20). The Morgan fingerprint density at radius 2 is 2.05 bits per heavy atom. The number of phenols is 1. The second-order valence-electron chi connectivity index (χ2n) is 5.00. The summed E-state index contributed by atoms with van der Waals surface area (Å²) in [7, 11) is 0. The lowest BCUT2D eigenvalue weighted by molar-refractivity contribution is -0.139. The van der Waals surface area contributed by atoms with Crippen molar-refractivity contribution in [2.45, 2.75) is 31.7 Å². The normalized spacial score (nSPS) is 17.7. The highest BCUT2D eigenvalue weighted by Crippen LogP contribution is 2.27. The van der Waals surface area contributed by atoms with Gasteiger partial charge in [0.15, 0.2) is 0 Å². The predicted molar refractivity (Wildman–Crippen MR) is 70.5 cm³/mol. The number of fused-ring (bicyclic) bond motifs is 1. The fourth-order valence-electron chi connectivity index (χ4n) is 2.59. The molecule has 1 atom stereocenters. The minimum atomic E-state index is -0.838. The highest BCUT2D eigenvalue weighted by atomic mass is 16.4. The van der Waals surface area contributed by atoms with Crippen LogP contribution >= 0.6 is 0 Å². The van der Waals surface area contributed by atoms with Crippen molar-refractivity contribution in [2.75, 3.05) is 0 Å². The molecule has 0 saturated heterocycles. The maximum absolute atomic E-state index is 11.2. The minimum Gasteiger partial charge on any atom is -0.508 e. The summed E-state index contributed by atoms with van der Waals surface area (Å²) in [6, 6.07) is 6.91. The molecule has 3 rings (SSSR count). The van der Waals surface area contributed by atoms with Gasteiger partial charge in [-0.05, 0) is 30.5 Å². The topological polar surface area (TPSA) is 88.2 Å². The number of carboxylic acid groups (broad SMARTS) is 1. The molecule has 2 N–H and O–H groups in total. The Bertz CT molecular complexity index is 634. The quantitative estimate of drug-likeness (QED) is 0.885. The second-order valence-corrected chi connectivity index (χ2v) is 5.00. The molecule has 0 saturated carbocycles. The van der Waals surface area contributed by atoms with Gasteiger partial charge in [-0.25, -0.2) is 0 Å². The van der Waals surface area contributed by atoms with Crippen LogP contribution in [0.5, 0.6) is 5.75 Å². The zero-order valence-corrected chi connectivity index (χ0v) is 10.9. The fourth-order valence-corrected chi connectivity index (χ4v) is 2.59. The summed E-state index contributed by atoms with van der Waals surface area (Å²) in [5, 5.41) is 26.7. The van der Waals surface area contributed by atoms with Crippen LogP contribution in [0.1, 0.15) is 36.0 Å². The van der Waals surface area contributed by atoms with Gasteiger partial charge in [0.2, 0.25) is 0 Å². The smallest absolute Gasteiger partial charge is 0.314 e. The molecule has 0 amide bonds. The molecule has 1 unspecified atom stereocenters. The summed E-state index contributed by atoms with van der Waals surface area (Å²) in [6.07, 6.45) is 2.02. The maximum Gasteiger partial charge on any atom is 0.314 e. The molecular formula is C14H15N3O3. The van der Waals surface area contributed by atoms with Crippen LogP contribution < -0.4 is 0 Å². The van der Waals surface area contributed by atoms with E-state index in [4.69, 9.17) is 0 Å². The van der Waals surface area contributed by atoms with Crippen molar-refractivity contribution in [2.24, 2.45) is 0 Å². The molecule has 6 nitrogen and oxygen atoms in total. The molecule has 2 aromatic rings. The summed E-state index contributed by atoms with van der Waals surface area (Å²) in [5.41, 5.74) is 1.01. The summed E-state index contributed by atoms with van der Waals surface area (Å²) in [6.45, 7) is 0.763. The van der Waals surface area contributed by atoms with Crippen molar-refractivity contribution >= 4 is 5.97 Å². The van der Waals surface area contributed by atoms with Gasteiger partial charge in [-0.3, -0.25) is 4.79 Å². The van der Waals surface area contributed by atoms with Crippen LogP contribution in [0.25, 0.3) is 0 Å². The number of aromatic hydroxyl groups is 1. The second kappa shape index (κ2) is 4.96. The average molecular weight is 273 g/mol. The number of nitrogens with zero attached hydrogens (tertiary/aromatic N) is 3. The van der Waals surface area contributed by atoms with Gasteiger partial charge < -0.3 is 14.8 Å². The van der Waals surface area contributed by atoms with Crippen LogP contribution in [0.3, 0.4) is 0 Å². The number of hydrogen-bond donors (Lipinski definition) is 2. The first-order valence-corrected chi connectivity index (χ1v) is 6.58. The van der Waals surface area contributed by atoms with Gasteiger partial charge in [0.1, 0.15) is 23.3 Å². The van der Waals surface area contributed by atoms with E-state index in [1.54, 1.807) is 12.1 Å². The number of carbonyl (C=O) groups is 1. The van der Waals surface area contributed by atoms with Gasteiger partial charge in [0.25, 0.3) is 0 Å². The summed E-state index contributed by atoms with van der Waals surface area (Å²) >= 11 is 0. The van der Waals surface area contributed by atoms with Crippen LogP contribution in [-0.2, 0) is 17.8 Å². The molecule has 0 aliphatic carbocycles. The van der Waals surface area contributed by atoms with Crippen LogP contribution in [-0.4, -0.2) is 30.9 Å². The third kappa shape index (κ3) is 2.24. The summed E-state index contributed by atoms with van der Waals surface area (Å²) < 4.78 is 1.91. The maximum atomic E-state index is 11.2. The van der Waals surface area contributed by atoms with E-state index in [1.165, 1.54) is 0 Å². The fraction of sp³-hybridized carbons (Fsp3) is 0.357. The summed E-state index contributed by atoms with van der Waals surface area (Å²) in [4.78, 5) is 11.2. The monoisotopic (exact) mass is 273 g/mol. The van der Waals surface area contributed by atoms with Gasteiger partial charge in [0.05, 0.1) is 0 Å². The highest BCUT2D eigenvalue weighted by molar-refractivity contribution is 5.75. The molecule has 1 aromatic heterocycles. The lowest BCUT2D eigenvalue weighted by atomic mass is 9.99. The largest absolute Gasteiger partial charge is 0.508 e. The van der Waals surface area contributed by atoms with E-state index in [9.17, 15) is 15.0 Å². The molecule has 1 aliphatic rings. The number of aromatic nitrogens is 3. The number of benzene rings is 1.